The molecule has 3 heterocycles. The van der Waals surface area contributed by atoms with Crippen LogP contribution in [0.4, 0.5) is 5.82 Å². The van der Waals surface area contributed by atoms with Crippen LogP contribution in [0.3, 0.4) is 0 Å². The molecule has 0 spiro atoms. The summed E-state index contributed by atoms with van der Waals surface area (Å²) in [4.78, 5) is 13.4. The first kappa shape index (κ1) is 21.6. The molecule has 162 valence electrons. The second-order valence-corrected chi connectivity index (χ2v) is 8.64. The van der Waals surface area contributed by atoms with Gasteiger partial charge in [-0.15, -0.1) is 0 Å². The lowest BCUT2D eigenvalue weighted by molar-refractivity contribution is -0.0738. The van der Waals surface area contributed by atoms with Crippen molar-refractivity contribution in [1.82, 2.24) is 19.5 Å². The normalized spacial score (nSPS) is 20.0. The van der Waals surface area contributed by atoms with Crippen molar-refractivity contribution < 1.29 is 14.2 Å². The molecule has 29 heavy (non-hydrogen) atoms. The van der Waals surface area contributed by atoms with Gasteiger partial charge in [-0.2, -0.15) is 15.0 Å². The molecule has 1 fully saturated rings. The quantitative estimate of drug-likeness (QED) is 0.674. The lowest BCUT2D eigenvalue weighted by atomic mass is 9.85. The SMILES string of the molecule is CCCC(C)Oc1nc(N)c2nc(OC)n(CCCC3CCOC(C)(C)C3)c2n1. The van der Waals surface area contributed by atoms with Gasteiger partial charge in [0.05, 0.1) is 18.8 Å². The highest BCUT2D eigenvalue weighted by molar-refractivity contribution is 5.83. The van der Waals surface area contributed by atoms with Crippen molar-refractivity contribution in [2.24, 2.45) is 5.92 Å². The Kier molecular flexibility index (Phi) is 6.82. The Morgan fingerprint density at radius 2 is 2.10 bits per heavy atom. The third kappa shape index (κ3) is 5.29. The number of anilines is 1. The fraction of sp³-hybridized carbons (Fsp3) is 0.762. The van der Waals surface area contributed by atoms with E-state index in [4.69, 9.17) is 19.9 Å². The summed E-state index contributed by atoms with van der Waals surface area (Å²) in [7, 11) is 1.61. The molecule has 0 radical (unpaired) electrons. The molecule has 1 saturated heterocycles. The van der Waals surface area contributed by atoms with Gasteiger partial charge in [-0.25, -0.2) is 0 Å². The summed E-state index contributed by atoms with van der Waals surface area (Å²) in [5.41, 5.74) is 7.35. The smallest absolute Gasteiger partial charge is 0.320 e. The molecule has 2 unspecified atom stereocenters. The van der Waals surface area contributed by atoms with Gasteiger partial charge in [-0.05, 0) is 58.8 Å². The molecule has 0 amide bonds. The number of ether oxygens (including phenoxy) is 3. The van der Waals surface area contributed by atoms with Gasteiger partial charge in [-0.1, -0.05) is 13.3 Å². The van der Waals surface area contributed by atoms with Crippen LogP contribution in [0.2, 0.25) is 0 Å². The first-order valence-electron chi connectivity index (χ1n) is 10.7. The molecule has 1 aliphatic rings. The number of imidazole rings is 1. The number of fused-ring (bicyclic) bond motifs is 1. The largest absolute Gasteiger partial charge is 0.468 e. The maximum absolute atomic E-state index is 6.14. The molecule has 2 aromatic heterocycles. The van der Waals surface area contributed by atoms with Gasteiger partial charge < -0.3 is 19.9 Å². The van der Waals surface area contributed by atoms with Crippen molar-refractivity contribution in [2.75, 3.05) is 19.5 Å². The van der Waals surface area contributed by atoms with E-state index in [-0.39, 0.29) is 11.7 Å². The second-order valence-electron chi connectivity index (χ2n) is 8.64. The minimum atomic E-state index is -0.0224. The Hall–Kier alpha value is -2.09. The lowest BCUT2D eigenvalue weighted by Crippen LogP contribution is -2.33. The predicted molar refractivity (Wildman–Crippen MR) is 113 cm³/mol. The van der Waals surface area contributed by atoms with Crippen molar-refractivity contribution in [3.05, 3.63) is 0 Å². The number of nitrogens with zero attached hydrogens (tertiary/aromatic N) is 4. The maximum Gasteiger partial charge on any atom is 0.320 e. The van der Waals surface area contributed by atoms with E-state index < -0.39 is 0 Å². The average molecular weight is 406 g/mol. The Balaban J connectivity index is 1.75. The van der Waals surface area contributed by atoms with Crippen LogP contribution in [-0.4, -0.2) is 44.9 Å². The van der Waals surface area contributed by atoms with Gasteiger partial charge in [0.25, 0.3) is 6.01 Å². The molecule has 2 N–H and O–H groups in total. The van der Waals surface area contributed by atoms with E-state index in [0.717, 1.165) is 51.7 Å². The van der Waals surface area contributed by atoms with Crippen LogP contribution in [0, 0.1) is 5.92 Å². The van der Waals surface area contributed by atoms with Crippen LogP contribution in [0.15, 0.2) is 0 Å². The molecule has 3 rings (SSSR count). The van der Waals surface area contributed by atoms with Crippen molar-refractivity contribution in [3.8, 4) is 12.0 Å². The summed E-state index contributed by atoms with van der Waals surface area (Å²) in [6, 6.07) is 0.804. The third-order valence-electron chi connectivity index (χ3n) is 5.54. The first-order chi connectivity index (χ1) is 13.8. The number of hydrogen-bond donors (Lipinski definition) is 1. The molecule has 2 aromatic rings. The number of methoxy groups -OCH3 is 1. The summed E-state index contributed by atoms with van der Waals surface area (Å²) in [6.07, 6.45) is 6.36. The summed E-state index contributed by atoms with van der Waals surface area (Å²) in [5.74, 6) is 0.991. The molecular weight excluding hydrogens is 370 g/mol. The number of aromatic nitrogens is 4. The molecule has 0 bridgehead atoms. The molecule has 0 aromatic carbocycles. The summed E-state index contributed by atoms with van der Waals surface area (Å²) < 4.78 is 19.2. The molecular formula is C21H35N5O3. The fourth-order valence-electron chi connectivity index (χ4n) is 4.18. The number of nitrogen functional groups attached to an aromatic ring is 1. The Bertz CT molecular complexity index is 820. The van der Waals surface area contributed by atoms with E-state index in [1.54, 1.807) is 7.11 Å². The van der Waals surface area contributed by atoms with Gasteiger partial charge in [0.15, 0.2) is 17.0 Å². The maximum atomic E-state index is 6.14. The lowest BCUT2D eigenvalue weighted by Gasteiger charge is -2.35. The van der Waals surface area contributed by atoms with E-state index in [1.165, 1.54) is 0 Å². The number of nitrogens with two attached hydrogens (primary N) is 1. The highest BCUT2D eigenvalue weighted by Gasteiger charge is 2.28. The Morgan fingerprint density at radius 1 is 1.31 bits per heavy atom. The van der Waals surface area contributed by atoms with Crippen LogP contribution >= 0.6 is 0 Å². The first-order valence-corrected chi connectivity index (χ1v) is 10.7. The van der Waals surface area contributed by atoms with Crippen LogP contribution in [0.25, 0.3) is 11.2 Å². The average Bonchev–Trinajstić information content (AvgIpc) is 2.99. The molecule has 8 nitrogen and oxygen atoms in total. The standard InChI is InChI=1S/C21H35N5O3/c1-6-8-14(2)29-19-24-17(22)16-18(25-19)26(20(23-16)27-5)11-7-9-15-10-12-28-21(3,4)13-15/h14-15H,6-13H2,1-5H3,(H2,22,24,25). The van der Waals surface area contributed by atoms with E-state index >= 15 is 0 Å². The number of aryl methyl sites for hydroxylation is 1. The fourth-order valence-corrected chi connectivity index (χ4v) is 4.18. The second kappa shape index (κ2) is 9.15. The minimum Gasteiger partial charge on any atom is -0.468 e. The zero-order valence-electron chi connectivity index (χ0n) is 18.4. The monoisotopic (exact) mass is 405 g/mol. The van der Waals surface area contributed by atoms with E-state index in [1.807, 2.05) is 11.5 Å². The van der Waals surface area contributed by atoms with Gasteiger partial charge in [-0.3, -0.25) is 4.57 Å². The molecule has 0 aliphatic carbocycles. The summed E-state index contributed by atoms with van der Waals surface area (Å²) in [6.45, 7) is 10.1. The summed E-state index contributed by atoms with van der Waals surface area (Å²) >= 11 is 0. The van der Waals surface area contributed by atoms with Crippen molar-refractivity contribution >= 4 is 17.0 Å². The highest BCUT2D eigenvalue weighted by atomic mass is 16.5. The van der Waals surface area contributed by atoms with Gasteiger partial charge >= 0.3 is 6.01 Å². The third-order valence-corrected chi connectivity index (χ3v) is 5.54. The molecule has 2 atom stereocenters. The van der Waals surface area contributed by atoms with Gasteiger partial charge in [0, 0.05) is 13.2 Å². The molecule has 1 aliphatic heterocycles. The van der Waals surface area contributed by atoms with Gasteiger partial charge in [0.1, 0.15) is 0 Å². The predicted octanol–water partition coefficient (Wildman–Crippen LogP) is 3.97. The van der Waals surface area contributed by atoms with E-state index in [2.05, 4.69) is 35.7 Å². The molecule has 8 heteroatoms. The zero-order valence-corrected chi connectivity index (χ0v) is 18.4. The number of rotatable bonds is 9. The van der Waals surface area contributed by atoms with Crippen molar-refractivity contribution in [1.29, 1.82) is 0 Å². The van der Waals surface area contributed by atoms with E-state index in [0.29, 0.717) is 34.9 Å². The zero-order chi connectivity index (χ0) is 21.0. The van der Waals surface area contributed by atoms with Crippen LogP contribution in [-0.2, 0) is 11.3 Å². The minimum absolute atomic E-state index is 0.0224. The molecule has 0 saturated carbocycles. The van der Waals surface area contributed by atoms with E-state index in [9.17, 15) is 0 Å². The van der Waals surface area contributed by atoms with Crippen LogP contribution in [0.5, 0.6) is 12.0 Å². The number of hydrogen-bond acceptors (Lipinski definition) is 7. The van der Waals surface area contributed by atoms with Crippen LogP contribution in [0.1, 0.15) is 66.2 Å². The highest BCUT2D eigenvalue weighted by Crippen LogP contribution is 2.32. The topological polar surface area (TPSA) is 97.3 Å². The van der Waals surface area contributed by atoms with Gasteiger partial charge in [0.2, 0.25) is 0 Å². The Morgan fingerprint density at radius 3 is 2.79 bits per heavy atom. The van der Waals surface area contributed by atoms with Crippen LogP contribution < -0.4 is 15.2 Å². The Labute approximate surface area is 173 Å². The van der Waals surface area contributed by atoms with Crippen molar-refractivity contribution in [3.63, 3.8) is 0 Å². The van der Waals surface area contributed by atoms with Crippen molar-refractivity contribution in [2.45, 2.75) is 84.5 Å². The summed E-state index contributed by atoms with van der Waals surface area (Å²) in [5, 5.41) is 0.